The molecule has 0 bridgehead atoms. The van der Waals surface area contributed by atoms with E-state index in [0.29, 0.717) is 6.54 Å². The Kier molecular flexibility index (Phi) is 8.12. The third kappa shape index (κ3) is 5.67. The Morgan fingerprint density at radius 1 is 1.10 bits per heavy atom. The van der Waals surface area contributed by atoms with Gasteiger partial charge in [0.25, 0.3) is 0 Å². The summed E-state index contributed by atoms with van der Waals surface area (Å²) in [5, 5.41) is 6.91. The number of nitrogens with one attached hydrogen (secondary N) is 2. The van der Waals surface area contributed by atoms with Crippen LogP contribution in [0, 0.1) is 13.8 Å². The monoisotopic (exact) mass is 425 g/mol. The van der Waals surface area contributed by atoms with E-state index in [1.165, 1.54) is 18.4 Å². The highest BCUT2D eigenvalue weighted by atomic mass is 16.5. The second kappa shape index (κ2) is 11.0. The molecule has 0 saturated carbocycles. The Bertz CT molecular complexity index is 876. The molecule has 31 heavy (non-hydrogen) atoms. The van der Waals surface area contributed by atoms with E-state index in [9.17, 15) is 0 Å². The number of methoxy groups -OCH3 is 2. The predicted octanol–water partition coefficient (Wildman–Crippen LogP) is 3.22. The van der Waals surface area contributed by atoms with Crippen molar-refractivity contribution in [3.8, 4) is 11.5 Å². The van der Waals surface area contributed by atoms with Crippen molar-refractivity contribution in [2.24, 2.45) is 4.99 Å². The topological polar surface area (TPSA) is 71.0 Å². The molecule has 168 valence electrons. The van der Waals surface area contributed by atoms with Crippen molar-refractivity contribution in [3.05, 3.63) is 52.8 Å². The van der Waals surface area contributed by atoms with E-state index >= 15 is 0 Å². The first-order chi connectivity index (χ1) is 15.1. The third-order valence-electron chi connectivity index (χ3n) is 5.94. The van der Waals surface area contributed by atoms with Crippen LogP contribution in [0.4, 0.5) is 0 Å². The highest BCUT2D eigenvalue weighted by molar-refractivity contribution is 5.79. The van der Waals surface area contributed by atoms with Gasteiger partial charge in [-0.15, -0.1) is 0 Å². The number of hydrogen-bond acceptors (Lipinski definition) is 5. The van der Waals surface area contributed by atoms with Gasteiger partial charge >= 0.3 is 0 Å². The molecule has 1 aromatic carbocycles. The van der Waals surface area contributed by atoms with Crippen molar-refractivity contribution >= 4 is 5.96 Å². The van der Waals surface area contributed by atoms with Crippen LogP contribution in [0.3, 0.4) is 0 Å². The first-order valence-corrected chi connectivity index (χ1v) is 10.9. The van der Waals surface area contributed by atoms with Gasteiger partial charge in [0.1, 0.15) is 11.5 Å². The summed E-state index contributed by atoms with van der Waals surface area (Å²) in [5.41, 5.74) is 4.33. The molecule has 1 aliphatic heterocycles. The summed E-state index contributed by atoms with van der Waals surface area (Å²) in [5.74, 6) is 2.53. The molecule has 0 spiro atoms. The molecule has 1 aromatic heterocycles. The van der Waals surface area contributed by atoms with Gasteiger partial charge in [0, 0.05) is 30.9 Å². The van der Waals surface area contributed by atoms with Crippen LogP contribution in [0.5, 0.6) is 11.5 Å². The molecule has 1 fully saturated rings. The van der Waals surface area contributed by atoms with Gasteiger partial charge in [-0.2, -0.15) is 0 Å². The summed E-state index contributed by atoms with van der Waals surface area (Å²) in [6.07, 6.45) is 4.35. The summed E-state index contributed by atoms with van der Waals surface area (Å²) >= 11 is 0. The number of hydrogen-bond donors (Lipinski definition) is 2. The van der Waals surface area contributed by atoms with Gasteiger partial charge in [0.05, 0.1) is 32.5 Å². The molecule has 0 radical (unpaired) electrons. The lowest BCUT2D eigenvalue weighted by Crippen LogP contribution is -2.42. The van der Waals surface area contributed by atoms with Crippen LogP contribution in [0.15, 0.2) is 35.5 Å². The number of aromatic nitrogens is 1. The number of likely N-dealkylation sites (tertiary alicyclic amines) is 1. The molecule has 0 aliphatic carbocycles. The van der Waals surface area contributed by atoms with Crippen molar-refractivity contribution in [2.45, 2.75) is 39.3 Å². The summed E-state index contributed by atoms with van der Waals surface area (Å²) in [4.78, 5) is 11.5. The van der Waals surface area contributed by atoms with Gasteiger partial charge in [-0.25, -0.2) is 0 Å². The minimum absolute atomic E-state index is 0.284. The Morgan fingerprint density at radius 2 is 1.81 bits per heavy atom. The van der Waals surface area contributed by atoms with E-state index in [0.717, 1.165) is 53.9 Å². The Labute approximate surface area is 185 Å². The van der Waals surface area contributed by atoms with Crippen molar-refractivity contribution < 1.29 is 9.47 Å². The SMILES string of the molecule is CN=C(NCc1ncc(C)c(OC)c1C)NCC(c1ccc(OC)cc1)N1CCCC1. The van der Waals surface area contributed by atoms with Crippen LogP contribution in [0.25, 0.3) is 0 Å². The number of aryl methyl sites for hydroxylation is 1. The van der Waals surface area contributed by atoms with Crippen molar-refractivity contribution in [1.82, 2.24) is 20.5 Å². The second-order valence-electron chi connectivity index (χ2n) is 7.88. The molecule has 1 unspecified atom stereocenters. The fourth-order valence-corrected chi connectivity index (χ4v) is 4.17. The predicted molar refractivity (Wildman–Crippen MR) is 125 cm³/mol. The van der Waals surface area contributed by atoms with E-state index in [1.54, 1.807) is 21.3 Å². The van der Waals surface area contributed by atoms with Gasteiger partial charge in [-0.3, -0.25) is 14.9 Å². The third-order valence-corrected chi connectivity index (χ3v) is 5.94. The molecular formula is C24H35N5O2. The number of aliphatic imine (C=N–C) groups is 1. The molecule has 1 saturated heterocycles. The highest BCUT2D eigenvalue weighted by Crippen LogP contribution is 2.26. The van der Waals surface area contributed by atoms with Gasteiger partial charge in [-0.05, 0) is 57.5 Å². The van der Waals surface area contributed by atoms with Gasteiger partial charge < -0.3 is 20.1 Å². The zero-order valence-corrected chi connectivity index (χ0v) is 19.4. The van der Waals surface area contributed by atoms with Crippen LogP contribution in [-0.4, -0.2) is 56.7 Å². The molecule has 2 heterocycles. The molecule has 1 atom stereocenters. The quantitative estimate of drug-likeness (QED) is 0.500. The van der Waals surface area contributed by atoms with Crippen molar-refractivity contribution in [1.29, 1.82) is 0 Å². The maximum atomic E-state index is 5.52. The van der Waals surface area contributed by atoms with Crippen LogP contribution < -0.4 is 20.1 Å². The van der Waals surface area contributed by atoms with Crippen molar-refractivity contribution in [2.75, 3.05) is 40.9 Å². The zero-order valence-electron chi connectivity index (χ0n) is 19.4. The minimum Gasteiger partial charge on any atom is -0.497 e. The molecule has 2 aromatic rings. The number of rotatable bonds is 8. The van der Waals surface area contributed by atoms with E-state index in [1.807, 2.05) is 32.2 Å². The van der Waals surface area contributed by atoms with Crippen LogP contribution in [-0.2, 0) is 6.54 Å². The maximum Gasteiger partial charge on any atom is 0.191 e. The molecule has 1 aliphatic rings. The Morgan fingerprint density at radius 3 is 2.42 bits per heavy atom. The first kappa shape index (κ1) is 22.9. The summed E-state index contributed by atoms with van der Waals surface area (Å²) < 4.78 is 10.8. The molecular weight excluding hydrogens is 390 g/mol. The summed E-state index contributed by atoms with van der Waals surface area (Å²) in [6.45, 7) is 7.65. The van der Waals surface area contributed by atoms with Gasteiger partial charge in [0.2, 0.25) is 0 Å². The molecule has 7 heteroatoms. The standard InChI is InChI=1S/C24H35N5O2/c1-17-14-26-21(18(2)23(17)31-5)15-27-24(25-3)28-16-22(29-12-6-7-13-29)19-8-10-20(30-4)11-9-19/h8-11,14,22H,6-7,12-13,15-16H2,1-5H3,(H2,25,27,28). The van der Waals surface area contributed by atoms with Gasteiger partial charge in [-0.1, -0.05) is 12.1 Å². The summed E-state index contributed by atoms with van der Waals surface area (Å²) in [6, 6.07) is 8.67. The minimum atomic E-state index is 0.284. The molecule has 7 nitrogen and oxygen atoms in total. The number of ether oxygens (including phenoxy) is 2. The molecule has 3 rings (SSSR count). The van der Waals surface area contributed by atoms with Crippen molar-refractivity contribution in [3.63, 3.8) is 0 Å². The Hall–Kier alpha value is -2.80. The lowest BCUT2D eigenvalue weighted by molar-refractivity contribution is 0.245. The summed E-state index contributed by atoms with van der Waals surface area (Å²) in [7, 11) is 5.19. The van der Waals surface area contributed by atoms with E-state index in [2.05, 4.69) is 37.6 Å². The number of pyridine rings is 1. The Balaban J connectivity index is 1.65. The lowest BCUT2D eigenvalue weighted by Gasteiger charge is -2.29. The van der Waals surface area contributed by atoms with Crippen LogP contribution >= 0.6 is 0 Å². The number of nitrogens with zero attached hydrogens (tertiary/aromatic N) is 3. The molecule has 0 amide bonds. The maximum absolute atomic E-state index is 5.52. The zero-order chi connectivity index (χ0) is 22.2. The average molecular weight is 426 g/mol. The second-order valence-corrected chi connectivity index (χ2v) is 7.88. The highest BCUT2D eigenvalue weighted by Gasteiger charge is 2.23. The first-order valence-electron chi connectivity index (χ1n) is 10.9. The normalized spacial score (nSPS) is 15.6. The van der Waals surface area contributed by atoms with E-state index in [4.69, 9.17) is 9.47 Å². The van der Waals surface area contributed by atoms with E-state index in [-0.39, 0.29) is 6.04 Å². The average Bonchev–Trinajstić information content (AvgIpc) is 3.32. The fraction of sp³-hybridized carbons (Fsp3) is 0.500. The number of benzene rings is 1. The smallest absolute Gasteiger partial charge is 0.191 e. The van der Waals surface area contributed by atoms with E-state index < -0.39 is 0 Å². The van der Waals surface area contributed by atoms with Crippen LogP contribution in [0.1, 0.15) is 41.3 Å². The number of guanidine groups is 1. The fourth-order valence-electron chi connectivity index (χ4n) is 4.17. The lowest BCUT2D eigenvalue weighted by atomic mass is 10.1. The largest absolute Gasteiger partial charge is 0.497 e. The van der Waals surface area contributed by atoms with Crippen LogP contribution in [0.2, 0.25) is 0 Å². The van der Waals surface area contributed by atoms with Gasteiger partial charge in [0.15, 0.2) is 5.96 Å². The molecule has 2 N–H and O–H groups in total.